The Balaban J connectivity index is 3.84. The van der Waals surface area contributed by atoms with Crippen LogP contribution in [0.5, 0.6) is 0 Å². The first kappa shape index (κ1) is 18.7. The van der Waals surface area contributed by atoms with E-state index in [4.69, 9.17) is 6.45 Å². The summed E-state index contributed by atoms with van der Waals surface area (Å²) in [6, 6.07) is 0. The van der Waals surface area contributed by atoms with Crippen molar-refractivity contribution >= 4 is 31.1 Å². The summed E-state index contributed by atoms with van der Waals surface area (Å²) in [6.45, 7) is 3.96. The van der Waals surface area contributed by atoms with Crippen LogP contribution < -0.4 is 0 Å². The van der Waals surface area contributed by atoms with E-state index in [9.17, 15) is 9.59 Å². The van der Waals surface area contributed by atoms with E-state index >= 15 is 0 Å². The third kappa shape index (κ3) is 11.2. The van der Waals surface area contributed by atoms with Crippen LogP contribution in [0.25, 0.3) is 0 Å². The molecule has 0 heterocycles. The molecule has 0 radical (unpaired) electrons. The van der Waals surface area contributed by atoms with Crippen LogP contribution in [0.1, 0.15) is 52.4 Å². The Morgan fingerprint density at radius 2 is 1.21 bits per heavy atom. The van der Waals surface area contributed by atoms with Gasteiger partial charge < -0.3 is 0 Å². The summed E-state index contributed by atoms with van der Waals surface area (Å²) in [4.78, 5) is 35.2. The molecule has 6 nitrogen and oxygen atoms in total. The maximum atomic E-state index is 11.3. The van der Waals surface area contributed by atoms with Gasteiger partial charge in [0, 0.05) is 0 Å². The van der Waals surface area contributed by atoms with Crippen LogP contribution >= 0.6 is 0 Å². The van der Waals surface area contributed by atoms with Crippen LogP contribution in [0, 0.1) is 0 Å². The van der Waals surface area contributed by atoms with E-state index in [0.717, 1.165) is 25.7 Å². The average Bonchev–Trinajstić information content (AvgIpc) is 2.38. The first-order valence-corrected chi connectivity index (χ1v) is 14.7. The van der Waals surface area contributed by atoms with E-state index in [1.54, 1.807) is 9.88 Å². The molecule has 0 amide bonds. The van der Waals surface area contributed by atoms with E-state index in [-0.39, 0.29) is 0 Å². The summed E-state index contributed by atoms with van der Waals surface area (Å²) in [5.41, 5.74) is 0. The fourth-order valence-corrected chi connectivity index (χ4v) is 2.79. The molecule has 0 aliphatic rings. The van der Waals surface area contributed by atoms with E-state index < -0.39 is 31.1 Å². The molecule has 0 fully saturated rings. The predicted octanol–water partition coefficient (Wildman–Crippen LogP) is 3.02. The molecular weight excluding hydrogens is 359 g/mol. The fourth-order valence-electron chi connectivity index (χ4n) is 1.03. The standard InChI is InChI=1S/2C5H10O3.2CH3.Sn/c2*1-2-3-4-5(6)8-7;;;/h2*7H,2-4H2,1H3;2*1H3;/q;;;;+2/p-2. The summed E-state index contributed by atoms with van der Waals surface area (Å²) in [5.74, 6) is -0.847. The molecule has 0 unspecified atom stereocenters. The number of carbonyl (C=O) groups is 2. The molecule has 7 heteroatoms. The fraction of sp³-hybridized carbons (Fsp3) is 0.833. The van der Waals surface area contributed by atoms with Gasteiger partial charge in [0.05, 0.1) is 0 Å². The molecule has 0 N–H and O–H groups in total. The van der Waals surface area contributed by atoms with Crippen LogP contribution in [0.15, 0.2) is 0 Å². The quantitative estimate of drug-likeness (QED) is 0.328. The van der Waals surface area contributed by atoms with Crippen molar-refractivity contribution in [3.8, 4) is 0 Å². The molecule has 0 aliphatic heterocycles. The van der Waals surface area contributed by atoms with Crippen molar-refractivity contribution < 1.29 is 25.8 Å². The van der Waals surface area contributed by atoms with Gasteiger partial charge in [0.2, 0.25) is 0 Å². The van der Waals surface area contributed by atoms with Crippen LogP contribution in [-0.2, 0) is 25.8 Å². The first-order chi connectivity index (χ1) is 8.91. The van der Waals surface area contributed by atoms with Gasteiger partial charge in [-0.2, -0.15) is 0 Å². The molecule has 0 bridgehead atoms. The predicted molar refractivity (Wildman–Crippen MR) is 70.9 cm³/mol. The van der Waals surface area contributed by atoms with Crippen LogP contribution in [0.3, 0.4) is 0 Å². The molecule has 0 rings (SSSR count). The Hall–Kier alpha value is -0.341. The second-order valence-corrected chi connectivity index (χ2v) is 13.6. The minimum atomic E-state index is -3.54. The summed E-state index contributed by atoms with van der Waals surface area (Å²) in [7, 11) is 0. The topological polar surface area (TPSA) is 71.1 Å². The number of hydrogen-bond acceptors (Lipinski definition) is 6. The van der Waals surface area contributed by atoms with Crippen molar-refractivity contribution in [1.29, 1.82) is 0 Å². The van der Waals surface area contributed by atoms with Gasteiger partial charge in [0.15, 0.2) is 0 Å². The Labute approximate surface area is 119 Å². The number of rotatable bonds is 10. The second kappa shape index (κ2) is 10.4. The Morgan fingerprint density at radius 1 is 0.842 bits per heavy atom. The number of unbranched alkanes of at least 4 members (excludes halogenated alkanes) is 2. The monoisotopic (exact) mass is 384 g/mol. The maximum absolute atomic E-state index is 11.3. The molecule has 0 spiro atoms. The van der Waals surface area contributed by atoms with Gasteiger partial charge in [-0.15, -0.1) is 0 Å². The zero-order valence-corrected chi connectivity index (χ0v) is 15.0. The van der Waals surface area contributed by atoms with Crippen molar-refractivity contribution in [1.82, 2.24) is 0 Å². The molecule has 19 heavy (non-hydrogen) atoms. The Kier molecular flexibility index (Phi) is 10.3. The SMILES string of the molecule is CCCCC(=O)O[O][Sn]([CH3])([CH3])[O]OC(=O)CCCC. The number of carbonyl (C=O) groups excluding carboxylic acids is 2. The van der Waals surface area contributed by atoms with Crippen molar-refractivity contribution in [2.45, 2.75) is 62.3 Å². The number of hydrogen-bond donors (Lipinski definition) is 0. The summed E-state index contributed by atoms with van der Waals surface area (Å²) in [5, 5.41) is 0. The van der Waals surface area contributed by atoms with Gasteiger partial charge in [0.1, 0.15) is 0 Å². The van der Waals surface area contributed by atoms with Gasteiger partial charge in [-0.3, -0.25) is 0 Å². The minimum absolute atomic E-state index is 0.314. The summed E-state index contributed by atoms with van der Waals surface area (Å²) in [6.07, 6.45) is 3.96. The van der Waals surface area contributed by atoms with Crippen LogP contribution in [0.2, 0.25) is 9.88 Å². The molecule has 0 saturated carbocycles. The molecule has 0 atom stereocenters. The van der Waals surface area contributed by atoms with E-state index in [0.29, 0.717) is 12.8 Å². The molecule has 0 aromatic rings. The third-order valence-electron chi connectivity index (χ3n) is 2.14. The van der Waals surface area contributed by atoms with Crippen molar-refractivity contribution in [2.75, 3.05) is 0 Å². The van der Waals surface area contributed by atoms with Crippen molar-refractivity contribution in [3.05, 3.63) is 0 Å². The zero-order chi connectivity index (χ0) is 14.7. The van der Waals surface area contributed by atoms with Gasteiger partial charge >= 0.3 is 119 Å². The average molecular weight is 383 g/mol. The first-order valence-electron chi connectivity index (χ1n) is 6.68. The Bertz CT molecular complexity index is 253. The van der Waals surface area contributed by atoms with E-state index in [1.807, 2.05) is 13.8 Å². The third-order valence-corrected chi connectivity index (χ3v) is 4.91. The summed E-state index contributed by atoms with van der Waals surface area (Å²) < 4.78 is 10.0. The van der Waals surface area contributed by atoms with E-state index in [2.05, 4.69) is 9.78 Å². The van der Waals surface area contributed by atoms with Crippen LogP contribution in [-0.4, -0.2) is 31.1 Å². The molecule has 0 aliphatic carbocycles. The van der Waals surface area contributed by atoms with Gasteiger partial charge in [-0.25, -0.2) is 0 Å². The van der Waals surface area contributed by atoms with Crippen LogP contribution in [0.4, 0.5) is 0 Å². The van der Waals surface area contributed by atoms with Crippen molar-refractivity contribution in [2.24, 2.45) is 0 Å². The molecule has 0 aromatic heterocycles. The zero-order valence-electron chi connectivity index (χ0n) is 12.2. The molecule has 112 valence electrons. The normalized spacial score (nSPS) is 11.2. The molecule has 0 aromatic carbocycles. The van der Waals surface area contributed by atoms with Crippen molar-refractivity contribution in [3.63, 3.8) is 0 Å². The molecule has 0 saturated heterocycles. The van der Waals surface area contributed by atoms with E-state index in [1.165, 1.54) is 0 Å². The van der Waals surface area contributed by atoms with Gasteiger partial charge in [0.25, 0.3) is 0 Å². The van der Waals surface area contributed by atoms with Gasteiger partial charge in [-0.05, 0) is 0 Å². The molecular formula is C12H24O6Sn. The van der Waals surface area contributed by atoms with Gasteiger partial charge in [-0.1, -0.05) is 0 Å². The second-order valence-electron chi connectivity index (χ2n) is 4.68. The Morgan fingerprint density at radius 3 is 1.53 bits per heavy atom. The summed E-state index contributed by atoms with van der Waals surface area (Å²) >= 11 is -3.54.